The molecule has 1 amide bonds. The zero-order valence-corrected chi connectivity index (χ0v) is 10.5. The van der Waals surface area contributed by atoms with E-state index >= 15 is 0 Å². The Morgan fingerprint density at radius 2 is 2.11 bits per heavy atom. The molecule has 0 bridgehead atoms. The molecule has 4 nitrogen and oxygen atoms in total. The second-order valence-electron chi connectivity index (χ2n) is 4.93. The van der Waals surface area contributed by atoms with Crippen LogP contribution in [0.1, 0.15) is 24.0 Å². The van der Waals surface area contributed by atoms with Crippen molar-refractivity contribution < 1.29 is 4.79 Å². The van der Waals surface area contributed by atoms with Gasteiger partial charge < -0.3 is 10.3 Å². The largest absolute Gasteiger partial charge is 0.332 e. The highest BCUT2D eigenvalue weighted by Crippen LogP contribution is 2.20. The van der Waals surface area contributed by atoms with Crippen molar-refractivity contribution >= 4 is 11.6 Å². The first kappa shape index (κ1) is 11.3. The summed E-state index contributed by atoms with van der Waals surface area (Å²) < 4.78 is 0. The van der Waals surface area contributed by atoms with Crippen LogP contribution in [0.3, 0.4) is 0 Å². The van der Waals surface area contributed by atoms with Crippen molar-refractivity contribution in [3.63, 3.8) is 0 Å². The van der Waals surface area contributed by atoms with Crippen molar-refractivity contribution in [3.05, 3.63) is 35.4 Å². The maximum Gasteiger partial charge on any atom is 0.223 e. The minimum atomic E-state index is 0.0997. The molecule has 1 unspecified atom stereocenters. The standard InChI is InChI=1S/C14H17N3O/c1-10-4-6-11(7-5-10)14-12(9-15-16-14)17-8-2-3-13(17)18/h4-7,12,15H,2-3,8-9H2,1H3. The van der Waals surface area contributed by atoms with E-state index in [2.05, 4.69) is 41.7 Å². The lowest BCUT2D eigenvalue weighted by Gasteiger charge is -2.24. The van der Waals surface area contributed by atoms with E-state index in [9.17, 15) is 4.79 Å². The smallest absolute Gasteiger partial charge is 0.223 e. The number of nitrogens with one attached hydrogen (secondary N) is 1. The summed E-state index contributed by atoms with van der Waals surface area (Å²) >= 11 is 0. The van der Waals surface area contributed by atoms with E-state index in [1.54, 1.807) is 0 Å². The fraction of sp³-hybridized carbons (Fsp3) is 0.429. The third-order valence-electron chi connectivity index (χ3n) is 3.63. The molecule has 0 aliphatic carbocycles. The number of carbonyl (C=O) groups is 1. The van der Waals surface area contributed by atoms with E-state index in [0.717, 1.165) is 30.8 Å². The maximum atomic E-state index is 11.8. The summed E-state index contributed by atoms with van der Waals surface area (Å²) in [5, 5.41) is 4.37. The van der Waals surface area contributed by atoms with Crippen molar-refractivity contribution in [2.45, 2.75) is 25.8 Å². The maximum absolute atomic E-state index is 11.8. The summed E-state index contributed by atoms with van der Waals surface area (Å²) in [6.45, 7) is 3.66. The molecule has 94 valence electrons. The molecule has 1 fully saturated rings. The van der Waals surface area contributed by atoms with Crippen LogP contribution in [0.15, 0.2) is 29.4 Å². The van der Waals surface area contributed by atoms with E-state index in [4.69, 9.17) is 0 Å². The van der Waals surface area contributed by atoms with Crippen molar-refractivity contribution in [3.8, 4) is 0 Å². The molecule has 2 aliphatic rings. The highest BCUT2D eigenvalue weighted by molar-refractivity contribution is 6.07. The Hall–Kier alpha value is -1.84. The zero-order chi connectivity index (χ0) is 12.5. The average molecular weight is 243 g/mol. The molecule has 1 aromatic rings. The minimum Gasteiger partial charge on any atom is -0.332 e. The zero-order valence-electron chi connectivity index (χ0n) is 10.5. The molecule has 3 rings (SSSR count). The molecule has 2 heterocycles. The van der Waals surface area contributed by atoms with Gasteiger partial charge in [-0.15, -0.1) is 0 Å². The van der Waals surface area contributed by atoms with Crippen LogP contribution in [0.5, 0.6) is 0 Å². The van der Waals surface area contributed by atoms with Gasteiger partial charge >= 0.3 is 0 Å². The van der Waals surface area contributed by atoms with Crippen LogP contribution in [-0.4, -0.2) is 35.7 Å². The lowest BCUT2D eigenvalue weighted by Crippen LogP contribution is -2.43. The quantitative estimate of drug-likeness (QED) is 0.850. The van der Waals surface area contributed by atoms with E-state index < -0.39 is 0 Å². The number of benzene rings is 1. The first-order chi connectivity index (χ1) is 8.75. The van der Waals surface area contributed by atoms with Crippen molar-refractivity contribution in [1.29, 1.82) is 0 Å². The summed E-state index contributed by atoms with van der Waals surface area (Å²) in [5.74, 6) is 0.253. The number of hydrazone groups is 1. The van der Waals surface area contributed by atoms with Crippen LogP contribution in [0.4, 0.5) is 0 Å². The van der Waals surface area contributed by atoms with E-state index in [0.29, 0.717) is 6.42 Å². The molecular formula is C14H17N3O. The Morgan fingerprint density at radius 1 is 1.33 bits per heavy atom. The lowest BCUT2D eigenvalue weighted by molar-refractivity contribution is -0.128. The number of hydrogen-bond donors (Lipinski definition) is 1. The van der Waals surface area contributed by atoms with Gasteiger partial charge in [0.15, 0.2) is 0 Å². The monoisotopic (exact) mass is 243 g/mol. The Morgan fingerprint density at radius 3 is 2.78 bits per heavy atom. The molecule has 0 radical (unpaired) electrons. The highest BCUT2D eigenvalue weighted by atomic mass is 16.2. The number of nitrogens with zero attached hydrogens (tertiary/aromatic N) is 2. The lowest BCUT2D eigenvalue weighted by atomic mass is 10.0. The number of amides is 1. The molecule has 0 aromatic heterocycles. The van der Waals surface area contributed by atoms with Gasteiger partial charge in [0.05, 0.1) is 18.3 Å². The second-order valence-corrected chi connectivity index (χ2v) is 4.93. The van der Waals surface area contributed by atoms with Gasteiger partial charge in [0.1, 0.15) is 0 Å². The predicted molar refractivity (Wildman–Crippen MR) is 70.5 cm³/mol. The fourth-order valence-electron chi connectivity index (χ4n) is 2.63. The van der Waals surface area contributed by atoms with Crippen molar-refractivity contribution in [2.75, 3.05) is 13.1 Å². The van der Waals surface area contributed by atoms with Gasteiger partial charge in [0.2, 0.25) is 5.91 Å². The van der Waals surface area contributed by atoms with Crippen LogP contribution in [0.25, 0.3) is 0 Å². The topological polar surface area (TPSA) is 44.7 Å². The van der Waals surface area contributed by atoms with Crippen molar-refractivity contribution in [1.82, 2.24) is 10.3 Å². The van der Waals surface area contributed by atoms with Gasteiger partial charge in [-0.25, -0.2) is 0 Å². The van der Waals surface area contributed by atoms with E-state index in [1.807, 2.05) is 4.90 Å². The average Bonchev–Trinajstić information content (AvgIpc) is 2.98. The van der Waals surface area contributed by atoms with Crippen LogP contribution >= 0.6 is 0 Å². The third-order valence-corrected chi connectivity index (χ3v) is 3.63. The van der Waals surface area contributed by atoms with Gasteiger partial charge in [-0.3, -0.25) is 4.79 Å². The Kier molecular flexibility index (Phi) is 2.78. The number of hydrogen-bond acceptors (Lipinski definition) is 3. The van der Waals surface area contributed by atoms with Gasteiger partial charge in [-0.2, -0.15) is 5.10 Å². The summed E-state index contributed by atoms with van der Waals surface area (Å²) in [6, 6.07) is 8.42. The van der Waals surface area contributed by atoms with Gasteiger partial charge in [-0.05, 0) is 18.9 Å². The number of carbonyl (C=O) groups excluding carboxylic acids is 1. The molecule has 1 N–H and O–H groups in total. The summed E-state index contributed by atoms with van der Waals surface area (Å²) in [7, 11) is 0. The van der Waals surface area contributed by atoms with Crippen LogP contribution < -0.4 is 5.43 Å². The molecule has 1 atom stereocenters. The Bertz CT molecular complexity index is 492. The molecule has 4 heteroatoms. The minimum absolute atomic E-state index is 0.0997. The normalized spacial score (nSPS) is 23.2. The van der Waals surface area contributed by atoms with E-state index in [1.165, 1.54) is 5.56 Å². The van der Waals surface area contributed by atoms with Crippen LogP contribution in [0.2, 0.25) is 0 Å². The number of aryl methyl sites for hydroxylation is 1. The Labute approximate surface area is 107 Å². The first-order valence-electron chi connectivity index (χ1n) is 6.42. The summed E-state index contributed by atoms with van der Waals surface area (Å²) in [6.07, 6.45) is 1.65. The summed E-state index contributed by atoms with van der Waals surface area (Å²) in [5.41, 5.74) is 6.36. The van der Waals surface area contributed by atoms with Crippen LogP contribution in [0, 0.1) is 6.92 Å². The van der Waals surface area contributed by atoms with Gasteiger partial charge in [0, 0.05) is 13.0 Å². The van der Waals surface area contributed by atoms with Gasteiger partial charge in [0.25, 0.3) is 0 Å². The van der Waals surface area contributed by atoms with Gasteiger partial charge in [-0.1, -0.05) is 29.8 Å². The summed E-state index contributed by atoms with van der Waals surface area (Å²) in [4.78, 5) is 13.8. The number of rotatable bonds is 2. The van der Waals surface area contributed by atoms with Crippen molar-refractivity contribution in [2.24, 2.45) is 5.10 Å². The molecule has 0 spiro atoms. The number of likely N-dealkylation sites (tertiary alicyclic amines) is 1. The molecule has 1 saturated heterocycles. The first-order valence-corrected chi connectivity index (χ1v) is 6.42. The predicted octanol–water partition coefficient (Wildman–Crippen LogP) is 1.29. The van der Waals surface area contributed by atoms with E-state index in [-0.39, 0.29) is 11.9 Å². The Balaban J connectivity index is 1.87. The second kappa shape index (κ2) is 4.44. The third kappa shape index (κ3) is 1.88. The SMILES string of the molecule is Cc1ccc(C2=NNCC2N2CCCC2=O)cc1. The fourth-order valence-corrected chi connectivity index (χ4v) is 2.63. The molecule has 18 heavy (non-hydrogen) atoms. The molecule has 0 saturated carbocycles. The molecular weight excluding hydrogens is 226 g/mol. The van der Waals surface area contributed by atoms with Crippen LogP contribution in [-0.2, 0) is 4.79 Å². The highest BCUT2D eigenvalue weighted by Gasteiger charge is 2.34. The molecule has 1 aromatic carbocycles. The molecule has 2 aliphatic heterocycles.